The maximum Gasteiger partial charge on any atom is 0.191 e. The van der Waals surface area contributed by atoms with Crippen LogP contribution in [0.1, 0.15) is 37.9 Å². The Balaban J connectivity index is 1.80. The third-order valence-electron chi connectivity index (χ3n) is 4.44. The quantitative estimate of drug-likeness (QED) is 0.493. The van der Waals surface area contributed by atoms with Crippen molar-refractivity contribution in [2.45, 2.75) is 32.3 Å². The molecule has 1 aromatic carbocycles. The number of likely N-dealkylation sites (tertiary alicyclic amines) is 1. The summed E-state index contributed by atoms with van der Waals surface area (Å²) in [5, 5.41) is 16.9. The number of hydrogen-bond acceptors (Lipinski definition) is 4. The predicted molar refractivity (Wildman–Crippen MR) is 102 cm³/mol. The van der Waals surface area contributed by atoms with Gasteiger partial charge in [-0.15, -0.1) is 0 Å². The van der Waals surface area contributed by atoms with Crippen LogP contribution < -0.4 is 15.4 Å². The summed E-state index contributed by atoms with van der Waals surface area (Å²) in [5.74, 6) is 1.54. The van der Waals surface area contributed by atoms with Gasteiger partial charge in [0.15, 0.2) is 5.96 Å². The molecule has 0 aliphatic carbocycles. The third-order valence-corrected chi connectivity index (χ3v) is 4.44. The number of aliphatic imine (C=N–C) groups is 1. The first-order chi connectivity index (χ1) is 12.2. The van der Waals surface area contributed by atoms with E-state index in [1.165, 1.54) is 32.4 Å². The van der Waals surface area contributed by atoms with Crippen molar-refractivity contribution in [2.24, 2.45) is 4.99 Å². The van der Waals surface area contributed by atoms with Gasteiger partial charge >= 0.3 is 0 Å². The minimum absolute atomic E-state index is 0.325. The Hall–Kier alpha value is -1.79. The van der Waals surface area contributed by atoms with E-state index in [0.29, 0.717) is 6.54 Å². The van der Waals surface area contributed by atoms with Gasteiger partial charge < -0.3 is 25.4 Å². The van der Waals surface area contributed by atoms with Gasteiger partial charge in [0.1, 0.15) is 5.75 Å². The van der Waals surface area contributed by atoms with Crippen LogP contribution in [0.2, 0.25) is 0 Å². The van der Waals surface area contributed by atoms with E-state index in [-0.39, 0.29) is 0 Å². The van der Waals surface area contributed by atoms with Gasteiger partial charge in [0.25, 0.3) is 0 Å². The maximum absolute atomic E-state index is 10.3. The van der Waals surface area contributed by atoms with E-state index in [4.69, 9.17) is 4.74 Å². The third kappa shape index (κ3) is 6.92. The van der Waals surface area contributed by atoms with Crippen LogP contribution in [0, 0.1) is 0 Å². The van der Waals surface area contributed by atoms with Gasteiger partial charge in [-0.2, -0.15) is 0 Å². The SMILES string of the molecule is CCNC(=NCC(O)c1ccc(OC)cc1)NCCN1CCCCC1. The van der Waals surface area contributed by atoms with Gasteiger partial charge in [-0.05, 0) is 50.6 Å². The van der Waals surface area contributed by atoms with Crippen molar-refractivity contribution in [3.63, 3.8) is 0 Å². The molecule has 6 nitrogen and oxygen atoms in total. The van der Waals surface area contributed by atoms with E-state index >= 15 is 0 Å². The van der Waals surface area contributed by atoms with Crippen LogP contribution in [-0.2, 0) is 0 Å². The lowest BCUT2D eigenvalue weighted by atomic mass is 10.1. The Morgan fingerprint density at radius 2 is 1.92 bits per heavy atom. The molecule has 25 heavy (non-hydrogen) atoms. The molecule has 1 atom stereocenters. The molecule has 3 N–H and O–H groups in total. The summed E-state index contributed by atoms with van der Waals surface area (Å²) >= 11 is 0. The molecule has 1 aromatic rings. The van der Waals surface area contributed by atoms with Crippen molar-refractivity contribution in [1.82, 2.24) is 15.5 Å². The molecule has 0 spiro atoms. The van der Waals surface area contributed by atoms with E-state index in [9.17, 15) is 5.11 Å². The number of methoxy groups -OCH3 is 1. The van der Waals surface area contributed by atoms with Crippen LogP contribution in [-0.4, -0.2) is 62.3 Å². The van der Waals surface area contributed by atoms with Crippen LogP contribution in [0.3, 0.4) is 0 Å². The zero-order valence-corrected chi connectivity index (χ0v) is 15.5. The molecule has 1 fully saturated rings. The van der Waals surface area contributed by atoms with Gasteiger partial charge in [0.05, 0.1) is 19.8 Å². The molecule has 1 heterocycles. The van der Waals surface area contributed by atoms with Crippen LogP contribution in [0.15, 0.2) is 29.3 Å². The summed E-state index contributed by atoms with van der Waals surface area (Å²) in [6.45, 7) is 7.47. The molecule has 0 amide bonds. The summed E-state index contributed by atoms with van der Waals surface area (Å²) in [4.78, 5) is 7.00. The summed E-state index contributed by atoms with van der Waals surface area (Å²) in [6.07, 6.45) is 3.35. The fourth-order valence-electron chi connectivity index (χ4n) is 2.97. The zero-order valence-electron chi connectivity index (χ0n) is 15.5. The minimum atomic E-state index is -0.622. The number of nitrogens with zero attached hydrogens (tertiary/aromatic N) is 2. The maximum atomic E-state index is 10.3. The molecular weight excluding hydrogens is 316 g/mol. The van der Waals surface area contributed by atoms with Crippen LogP contribution in [0.5, 0.6) is 5.75 Å². The number of benzene rings is 1. The molecule has 2 rings (SSSR count). The number of nitrogens with one attached hydrogen (secondary N) is 2. The lowest BCUT2D eigenvalue weighted by molar-refractivity contribution is 0.187. The normalized spacial score (nSPS) is 17.2. The van der Waals surface area contributed by atoms with Gasteiger partial charge in [-0.1, -0.05) is 18.6 Å². The number of rotatable bonds is 8. The molecule has 140 valence electrons. The lowest BCUT2D eigenvalue weighted by Crippen LogP contribution is -2.42. The summed E-state index contributed by atoms with van der Waals surface area (Å²) in [5.41, 5.74) is 0.841. The fourth-order valence-corrected chi connectivity index (χ4v) is 2.97. The van der Waals surface area contributed by atoms with Gasteiger partial charge in [0.2, 0.25) is 0 Å². The van der Waals surface area contributed by atoms with Crippen molar-refractivity contribution in [1.29, 1.82) is 0 Å². The van der Waals surface area contributed by atoms with Gasteiger partial charge in [-0.3, -0.25) is 4.99 Å². The van der Waals surface area contributed by atoms with Crippen LogP contribution in [0.4, 0.5) is 0 Å². The average molecular weight is 348 g/mol. The summed E-state index contributed by atoms with van der Waals surface area (Å²) in [6, 6.07) is 7.44. The van der Waals surface area contributed by atoms with E-state index in [0.717, 1.165) is 36.9 Å². The number of aliphatic hydroxyl groups is 1. The number of ether oxygens (including phenoxy) is 1. The Labute approximate surface area is 151 Å². The second-order valence-corrected chi connectivity index (χ2v) is 6.34. The molecule has 0 aromatic heterocycles. The van der Waals surface area contributed by atoms with E-state index in [2.05, 4.69) is 20.5 Å². The van der Waals surface area contributed by atoms with E-state index in [1.807, 2.05) is 31.2 Å². The standard InChI is InChI=1S/C19H32N4O2/c1-3-20-19(21-11-14-23-12-5-4-6-13-23)22-15-18(24)16-7-9-17(25-2)10-8-16/h7-10,18,24H,3-6,11-15H2,1-2H3,(H2,20,21,22). The lowest BCUT2D eigenvalue weighted by Gasteiger charge is -2.26. The highest BCUT2D eigenvalue weighted by molar-refractivity contribution is 5.79. The second kappa shape index (κ2) is 10.9. The minimum Gasteiger partial charge on any atom is -0.497 e. The van der Waals surface area contributed by atoms with Crippen LogP contribution in [0.25, 0.3) is 0 Å². The smallest absolute Gasteiger partial charge is 0.191 e. The predicted octanol–water partition coefficient (Wildman–Crippen LogP) is 1.77. The number of aliphatic hydroxyl groups excluding tert-OH is 1. The highest BCUT2D eigenvalue weighted by Gasteiger charge is 2.10. The van der Waals surface area contributed by atoms with E-state index < -0.39 is 6.10 Å². The molecule has 0 saturated carbocycles. The number of hydrogen-bond donors (Lipinski definition) is 3. The first-order valence-corrected chi connectivity index (χ1v) is 9.29. The monoisotopic (exact) mass is 348 g/mol. The largest absolute Gasteiger partial charge is 0.497 e. The Kier molecular flexibility index (Phi) is 8.55. The van der Waals surface area contributed by atoms with Gasteiger partial charge in [0, 0.05) is 19.6 Å². The highest BCUT2D eigenvalue weighted by atomic mass is 16.5. The Morgan fingerprint density at radius 3 is 2.56 bits per heavy atom. The molecule has 1 saturated heterocycles. The zero-order chi connectivity index (χ0) is 17.9. The Bertz CT molecular complexity index is 513. The fraction of sp³-hybridized carbons (Fsp3) is 0.632. The Morgan fingerprint density at radius 1 is 1.20 bits per heavy atom. The molecule has 0 bridgehead atoms. The summed E-state index contributed by atoms with van der Waals surface area (Å²) in [7, 11) is 1.63. The molecule has 0 radical (unpaired) electrons. The average Bonchev–Trinajstić information content (AvgIpc) is 2.66. The van der Waals surface area contributed by atoms with E-state index in [1.54, 1.807) is 7.11 Å². The number of guanidine groups is 1. The van der Waals surface area contributed by atoms with Crippen molar-refractivity contribution >= 4 is 5.96 Å². The topological polar surface area (TPSA) is 69.1 Å². The molecular formula is C19H32N4O2. The molecule has 1 aliphatic rings. The summed E-state index contributed by atoms with van der Waals surface area (Å²) < 4.78 is 5.14. The molecule has 1 aliphatic heterocycles. The van der Waals surface area contributed by atoms with Crippen molar-refractivity contribution in [3.05, 3.63) is 29.8 Å². The van der Waals surface area contributed by atoms with Crippen molar-refractivity contribution in [2.75, 3.05) is 46.4 Å². The molecule has 1 unspecified atom stereocenters. The molecule has 6 heteroatoms. The van der Waals surface area contributed by atoms with Crippen molar-refractivity contribution < 1.29 is 9.84 Å². The van der Waals surface area contributed by atoms with Gasteiger partial charge in [-0.25, -0.2) is 0 Å². The van der Waals surface area contributed by atoms with Crippen LogP contribution >= 0.6 is 0 Å². The first kappa shape index (κ1) is 19.5. The van der Waals surface area contributed by atoms with Crippen molar-refractivity contribution in [3.8, 4) is 5.75 Å². The first-order valence-electron chi connectivity index (χ1n) is 9.29. The second-order valence-electron chi connectivity index (χ2n) is 6.34. The number of piperidine rings is 1. The highest BCUT2D eigenvalue weighted by Crippen LogP contribution is 2.17.